The van der Waals surface area contributed by atoms with Gasteiger partial charge in [-0.15, -0.1) is 0 Å². The van der Waals surface area contributed by atoms with Crippen LogP contribution in [0.3, 0.4) is 0 Å². The van der Waals surface area contributed by atoms with Crippen molar-refractivity contribution >= 4 is 44.9 Å². The number of benzene rings is 1. The van der Waals surface area contributed by atoms with Gasteiger partial charge in [-0.05, 0) is 43.2 Å². The van der Waals surface area contributed by atoms with Crippen molar-refractivity contribution in [3.05, 3.63) is 58.7 Å². The molecule has 0 bridgehead atoms. The van der Waals surface area contributed by atoms with Crippen LogP contribution in [0.4, 0.5) is 11.5 Å². The summed E-state index contributed by atoms with van der Waals surface area (Å²) in [6.07, 6.45) is 6.25. The molecule has 1 N–H and O–H groups in total. The van der Waals surface area contributed by atoms with Crippen LogP contribution in [0.15, 0.2) is 53.7 Å². The molecule has 3 aromatic rings. The Morgan fingerprint density at radius 2 is 2.04 bits per heavy atom. The third-order valence-corrected chi connectivity index (χ3v) is 5.50. The van der Waals surface area contributed by atoms with Crippen LogP contribution in [0.1, 0.15) is 12.8 Å². The van der Waals surface area contributed by atoms with Crippen molar-refractivity contribution in [3.8, 4) is 5.69 Å². The van der Waals surface area contributed by atoms with Gasteiger partial charge in [0, 0.05) is 29.7 Å². The Morgan fingerprint density at radius 1 is 1.21 bits per heavy atom. The number of carbonyl (C=O) groups excluding carboxylic acids is 1. The summed E-state index contributed by atoms with van der Waals surface area (Å²) in [5.74, 6) is 0.859. The van der Waals surface area contributed by atoms with Crippen LogP contribution in [0.2, 0.25) is 5.02 Å². The van der Waals surface area contributed by atoms with Gasteiger partial charge in [-0.2, -0.15) is 5.10 Å². The number of nitrogens with one attached hydrogen (secondary N) is 1. The normalized spacial score (nSPS) is 14.9. The first-order chi connectivity index (χ1) is 13.6. The lowest BCUT2D eigenvalue weighted by Crippen LogP contribution is -2.38. The number of piperidine rings is 1. The Kier molecular flexibility index (Phi) is 5.59. The van der Waals surface area contributed by atoms with E-state index in [2.05, 4.69) is 41.2 Å². The number of nitrogens with zero attached hydrogens (tertiary/aromatic N) is 5. The van der Waals surface area contributed by atoms with Crippen molar-refractivity contribution in [3.63, 3.8) is 0 Å². The smallest absolute Gasteiger partial charge is 0.227 e. The summed E-state index contributed by atoms with van der Waals surface area (Å²) >= 11 is 9.37. The minimum absolute atomic E-state index is 0.0168. The Morgan fingerprint density at radius 3 is 2.71 bits per heavy atom. The van der Waals surface area contributed by atoms with Crippen molar-refractivity contribution in [1.29, 1.82) is 0 Å². The highest BCUT2D eigenvalue weighted by molar-refractivity contribution is 9.10. The molecule has 0 saturated carbocycles. The van der Waals surface area contributed by atoms with Gasteiger partial charge in [-0.1, -0.05) is 27.5 Å². The lowest BCUT2D eigenvalue weighted by atomic mass is 9.95. The standard InChI is InChI=1S/C19H18BrClN6O/c20-14-1-3-17(27-12-22-11-24-27)16(9-14)25-19(28)13-5-7-26(8-6-13)18-4-2-15(21)10-23-18/h1-4,9-13H,5-8H2,(H,25,28). The molecule has 3 heterocycles. The van der Waals surface area contributed by atoms with Crippen LogP contribution in [0, 0.1) is 5.92 Å². The largest absolute Gasteiger partial charge is 0.357 e. The molecule has 1 aromatic carbocycles. The summed E-state index contributed by atoms with van der Waals surface area (Å²) in [6, 6.07) is 9.42. The maximum Gasteiger partial charge on any atom is 0.227 e. The molecule has 1 aliphatic rings. The van der Waals surface area contributed by atoms with Crippen LogP contribution >= 0.6 is 27.5 Å². The topological polar surface area (TPSA) is 75.9 Å². The fraction of sp³-hybridized carbons (Fsp3) is 0.263. The molecular formula is C19H18BrClN6O. The third kappa shape index (κ3) is 4.18. The zero-order valence-corrected chi connectivity index (χ0v) is 17.3. The number of hydrogen-bond donors (Lipinski definition) is 1. The number of aromatic nitrogens is 4. The molecule has 0 unspecified atom stereocenters. The molecule has 0 atom stereocenters. The summed E-state index contributed by atoms with van der Waals surface area (Å²) in [7, 11) is 0. The Labute approximate surface area is 175 Å². The van der Waals surface area contributed by atoms with E-state index in [1.165, 1.54) is 6.33 Å². The van der Waals surface area contributed by atoms with Crippen molar-refractivity contribution in [2.45, 2.75) is 12.8 Å². The molecule has 1 saturated heterocycles. The first-order valence-corrected chi connectivity index (χ1v) is 10.1. The fourth-order valence-electron chi connectivity index (χ4n) is 3.30. The van der Waals surface area contributed by atoms with Gasteiger partial charge in [0.1, 0.15) is 18.5 Å². The monoisotopic (exact) mass is 460 g/mol. The minimum Gasteiger partial charge on any atom is -0.357 e. The van der Waals surface area contributed by atoms with Gasteiger partial charge >= 0.3 is 0 Å². The van der Waals surface area contributed by atoms with Crippen molar-refractivity contribution in [2.24, 2.45) is 5.92 Å². The van der Waals surface area contributed by atoms with Gasteiger partial charge in [-0.25, -0.2) is 14.6 Å². The van der Waals surface area contributed by atoms with E-state index in [1.807, 2.05) is 30.3 Å². The molecule has 2 aromatic heterocycles. The van der Waals surface area contributed by atoms with E-state index in [-0.39, 0.29) is 11.8 Å². The predicted octanol–water partition coefficient (Wildman–Crippen LogP) is 3.93. The quantitative estimate of drug-likeness (QED) is 0.637. The number of pyridine rings is 1. The lowest BCUT2D eigenvalue weighted by molar-refractivity contribution is -0.120. The van der Waals surface area contributed by atoms with Crippen molar-refractivity contribution in [2.75, 3.05) is 23.3 Å². The predicted molar refractivity (Wildman–Crippen MR) is 112 cm³/mol. The second-order valence-electron chi connectivity index (χ2n) is 6.59. The highest BCUT2D eigenvalue weighted by Crippen LogP contribution is 2.27. The zero-order valence-electron chi connectivity index (χ0n) is 14.9. The average Bonchev–Trinajstić information content (AvgIpc) is 3.23. The van der Waals surface area contributed by atoms with Gasteiger partial charge in [0.05, 0.1) is 16.4 Å². The van der Waals surface area contributed by atoms with E-state index < -0.39 is 0 Å². The average molecular weight is 462 g/mol. The molecule has 0 aliphatic carbocycles. The second-order valence-corrected chi connectivity index (χ2v) is 7.94. The summed E-state index contributed by atoms with van der Waals surface area (Å²) in [5.41, 5.74) is 1.48. The number of rotatable bonds is 4. The number of amides is 1. The Bertz CT molecular complexity index is 955. The van der Waals surface area contributed by atoms with E-state index in [9.17, 15) is 4.79 Å². The van der Waals surface area contributed by atoms with Gasteiger partial charge in [0.2, 0.25) is 5.91 Å². The SMILES string of the molecule is O=C(Nc1cc(Br)ccc1-n1cncn1)C1CCN(c2ccc(Cl)cn2)CC1. The molecule has 7 nitrogen and oxygen atoms in total. The molecule has 1 fully saturated rings. The van der Waals surface area contributed by atoms with E-state index in [1.54, 1.807) is 17.2 Å². The first-order valence-electron chi connectivity index (χ1n) is 8.92. The molecular weight excluding hydrogens is 444 g/mol. The molecule has 28 heavy (non-hydrogen) atoms. The molecule has 0 spiro atoms. The summed E-state index contributed by atoms with van der Waals surface area (Å²) in [5, 5.41) is 7.85. The van der Waals surface area contributed by atoms with Crippen LogP contribution in [0.5, 0.6) is 0 Å². The number of hydrogen-bond acceptors (Lipinski definition) is 5. The van der Waals surface area contributed by atoms with E-state index in [0.717, 1.165) is 41.9 Å². The van der Waals surface area contributed by atoms with Gasteiger partial charge in [0.25, 0.3) is 0 Å². The van der Waals surface area contributed by atoms with Crippen LogP contribution in [0.25, 0.3) is 5.69 Å². The van der Waals surface area contributed by atoms with Crippen LogP contribution in [-0.2, 0) is 4.79 Å². The lowest BCUT2D eigenvalue weighted by Gasteiger charge is -2.32. The van der Waals surface area contributed by atoms with Crippen LogP contribution < -0.4 is 10.2 Å². The Balaban J connectivity index is 1.43. The highest BCUT2D eigenvalue weighted by Gasteiger charge is 2.26. The third-order valence-electron chi connectivity index (χ3n) is 4.78. The van der Waals surface area contributed by atoms with Crippen LogP contribution in [-0.4, -0.2) is 38.7 Å². The van der Waals surface area contributed by atoms with Gasteiger partial charge < -0.3 is 10.2 Å². The zero-order chi connectivity index (χ0) is 19.5. The van der Waals surface area contributed by atoms with Crippen molar-refractivity contribution in [1.82, 2.24) is 19.7 Å². The minimum atomic E-state index is -0.0499. The van der Waals surface area contributed by atoms with E-state index in [0.29, 0.717) is 10.7 Å². The molecule has 4 rings (SSSR count). The summed E-state index contributed by atoms with van der Waals surface area (Å²) < 4.78 is 2.52. The summed E-state index contributed by atoms with van der Waals surface area (Å²) in [6.45, 7) is 1.56. The fourth-order valence-corrected chi connectivity index (χ4v) is 3.77. The van der Waals surface area contributed by atoms with E-state index >= 15 is 0 Å². The Hall–Kier alpha value is -2.45. The van der Waals surface area contributed by atoms with Gasteiger partial charge in [0.15, 0.2) is 0 Å². The number of halogens is 2. The van der Waals surface area contributed by atoms with Gasteiger partial charge in [-0.3, -0.25) is 4.79 Å². The first kappa shape index (κ1) is 18.9. The second kappa shape index (κ2) is 8.28. The number of carbonyl (C=O) groups is 1. The molecule has 9 heteroatoms. The molecule has 1 aliphatic heterocycles. The molecule has 1 amide bonds. The number of anilines is 2. The maximum atomic E-state index is 12.9. The summed E-state index contributed by atoms with van der Waals surface area (Å²) in [4.78, 5) is 23.4. The van der Waals surface area contributed by atoms with E-state index in [4.69, 9.17) is 11.6 Å². The molecule has 0 radical (unpaired) electrons. The van der Waals surface area contributed by atoms with Crippen molar-refractivity contribution < 1.29 is 4.79 Å². The molecule has 144 valence electrons. The maximum absolute atomic E-state index is 12.9. The highest BCUT2D eigenvalue weighted by atomic mass is 79.9.